The molecular formula is C15H16BrFN2. The lowest BCUT2D eigenvalue weighted by molar-refractivity contribution is 0.621. The minimum Gasteiger partial charge on any atom is -0.397 e. The minimum absolute atomic E-state index is 0.318. The molecule has 0 heterocycles. The molecule has 4 heteroatoms. The number of hydrogen-bond donors (Lipinski definition) is 1. The number of rotatable bonds is 3. The van der Waals surface area contributed by atoms with E-state index in [2.05, 4.69) is 35.0 Å². The summed E-state index contributed by atoms with van der Waals surface area (Å²) in [7, 11) is 1.87. The monoisotopic (exact) mass is 322 g/mol. The van der Waals surface area contributed by atoms with E-state index in [9.17, 15) is 4.39 Å². The van der Waals surface area contributed by atoms with Crippen LogP contribution >= 0.6 is 15.9 Å². The Hall–Kier alpha value is -1.55. The predicted octanol–water partition coefficient (Wildman–Crippen LogP) is 4.50. The molecule has 0 bridgehead atoms. The molecule has 0 spiro atoms. The van der Waals surface area contributed by atoms with Crippen LogP contribution in [0.15, 0.2) is 40.9 Å². The highest BCUT2D eigenvalue weighted by molar-refractivity contribution is 9.10. The molecule has 0 amide bonds. The maximum Gasteiger partial charge on any atom is 0.139 e. The number of anilines is 3. The van der Waals surface area contributed by atoms with Crippen molar-refractivity contribution >= 4 is 33.0 Å². The molecule has 0 saturated carbocycles. The number of halogens is 2. The summed E-state index contributed by atoms with van der Waals surface area (Å²) in [6.45, 7) is 2.11. The van der Waals surface area contributed by atoms with E-state index < -0.39 is 0 Å². The second-order valence-electron chi connectivity index (χ2n) is 4.40. The van der Waals surface area contributed by atoms with E-state index >= 15 is 0 Å². The van der Waals surface area contributed by atoms with Gasteiger partial charge in [-0.05, 0) is 46.1 Å². The lowest BCUT2D eigenvalue weighted by Gasteiger charge is -2.22. The first-order valence-corrected chi connectivity index (χ1v) is 6.89. The van der Waals surface area contributed by atoms with Crippen LogP contribution in [0.1, 0.15) is 12.5 Å². The lowest BCUT2D eigenvalue weighted by atomic mass is 10.1. The largest absolute Gasteiger partial charge is 0.397 e. The highest BCUT2D eigenvalue weighted by Crippen LogP contribution is 2.33. The molecule has 0 aliphatic rings. The van der Waals surface area contributed by atoms with Gasteiger partial charge in [0.05, 0.1) is 15.8 Å². The molecule has 0 saturated heterocycles. The number of benzene rings is 2. The van der Waals surface area contributed by atoms with E-state index in [0.29, 0.717) is 15.8 Å². The van der Waals surface area contributed by atoms with Gasteiger partial charge in [0.15, 0.2) is 0 Å². The molecule has 0 aliphatic carbocycles. The molecule has 2 aromatic rings. The first kappa shape index (κ1) is 13.9. The highest BCUT2D eigenvalue weighted by Gasteiger charge is 2.11. The number of nitrogens with two attached hydrogens (primary N) is 1. The smallest absolute Gasteiger partial charge is 0.139 e. The van der Waals surface area contributed by atoms with Crippen LogP contribution in [-0.2, 0) is 6.42 Å². The van der Waals surface area contributed by atoms with E-state index in [1.807, 2.05) is 24.1 Å². The summed E-state index contributed by atoms with van der Waals surface area (Å²) in [6, 6.07) is 11.2. The van der Waals surface area contributed by atoms with Gasteiger partial charge in [-0.2, -0.15) is 0 Å². The number of hydrogen-bond acceptors (Lipinski definition) is 2. The Morgan fingerprint density at radius 2 is 1.84 bits per heavy atom. The average molecular weight is 323 g/mol. The van der Waals surface area contributed by atoms with Gasteiger partial charge < -0.3 is 10.6 Å². The van der Waals surface area contributed by atoms with Gasteiger partial charge in [0.25, 0.3) is 0 Å². The van der Waals surface area contributed by atoms with Crippen LogP contribution in [0.5, 0.6) is 0 Å². The molecule has 0 aliphatic heterocycles. The fourth-order valence-electron chi connectivity index (χ4n) is 1.94. The van der Waals surface area contributed by atoms with Gasteiger partial charge >= 0.3 is 0 Å². The predicted molar refractivity (Wildman–Crippen MR) is 82.4 cm³/mol. The second-order valence-corrected chi connectivity index (χ2v) is 5.26. The van der Waals surface area contributed by atoms with Crippen LogP contribution in [0.4, 0.5) is 21.5 Å². The summed E-state index contributed by atoms with van der Waals surface area (Å²) in [6.07, 6.45) is 0.999. The highest BCUT2D eigenvalue weighted by atomic mass is 79.9. The number of nitrogens with zero attached hydrogens (tertiary/aromatic N) is 1. The molecular weight excluding hydrogens is 307 g/mol. The Labute approximate surface area is 121 Å². The van der Waals surface area contributed by atoms with Crippen LogP contribution in [0, 0.1) is 5.82 Å². The van der Waals surface area contributed by atoms with Crippen LogP contribution in [0.2, 0.25) is 0 Å². The van der Waals surface area contributed by atoms with Crippen LogP contribution in [-0.4, -0.2) is 7.05 Å². The quantitative estimate of drug-likeness (QED) is 0.843. The summed E-state index contributed by atoms with van der Waals surface area (Å²) >= 11 is 3.13. The molecule has 2 N–H and O–H groups in total. The van der Waals surface area contributed by atoms with Gasteiger partial charge in [-0.15, -0.1) is 0 Å². The number of nitrogen functional groups attached to an aromatic ring is 1. The first-order valence-electron chi connectivity index (χ1n) is 6.10. The standard InChI is InChI=1S/C15H16BrFN2/c1-3-10-4-6-11(7-5-10)19(2)15-9-13(17)12(16)8-14(15)18/h4-9H,3,18H2,1-2H3. The van der Waals surface area contributed by atoms with Crippen molar-refractivity contribution in [1.29, 1.82) is 0 Å². The fraction of sp³-hybridized carbons (Fsp3) is 0.200. The summed E-state index contributed by atoms with van der Waals surface area (Å²) in [5.41, 5.74) is 9.39. The molecule has 0 atom stereocenters. The van der Waals surface area contributed by atoms with E-state index in [-0.39, 0.29) is 5.82 Å². The molecule has 19 heavy (non-hydrogen) atoms. The van der Waals surface area contributed by atoms with E-state index in [0.717, 1.165) is 12.1 Å². The Kier molecular flexibility index (Phi) is 4.10. The molecule has 0 unspecified atom stereocenters. The van der Waals surface area contributed by atoms with Crippen molar-refractivity contribution in [2.45, 2.75) is 13.3 Å². The molecule has 2 aromatic carbocycles. The van der Waals surface area contributed by atoms with Crippen LogP contribution < -0.4 is 10.6 Å². The minimum atomic E-state index is -0.318. The molecule has 2 rings (SSSR count). The molecule has 100 valence electrons. The SMILES string of the molecule is CCc1ccc(N(C)c2cc(F)c(Br)cc2N)cc1. The lowest BCUT2D eigenvalue weighted by Crippen LogP contribution is -2.12. The van der Waals surface area contributed by atoms with Crippen molar-refractivity contribution < 1.29 is 4.39 Å². The van der Waals surface area contributed by atoms with Crippen molar-refractivity contribution in [3.05, 3.63) is 52.3 Å². The normalized spacial score (nSPS) is 10.5. The van der Waals surface area contributed by atoms with Crippen LogP contribution in [0.25, 0.3) is 0 Å². The Morgan fingerprint density at radius 3 is 2.42 bits per heavy atom. The third-order valence-corrected chi connectivity index (χ3v) is 3.77. The first-order chi connectivity index (χ1) is 9.02. The average Bonchev–Trinajstić information content (AvgIpc) is 2.42. The summed E-state index contributed by atoms with van der Waals surface area (Å²) in [4.78, 5) is 1.88. The second kappa shape index (κ2) is 5.61. The Bertz CT molecular complexity index is 581. The third-order valence-electron chi connectivity index (χ3n) is 3.16. The molecule has 2 nitrogen and oxygen atoms in total. The van der Waals surface area contributed by atoms with Gasteiger partial charge in [0.1, 0.15) is 5.82 Å². The summed E-state index contributed by atoms with van der Waals surface area (Å²) in [5, 5.41) is 0. The van der Waals surface area contributed by atoms with E-state index in [1.165, 1.54) is 11.6 Å². The van der Waals surface area contributed by atoms with E-state index in [4.69, 9.17) is 5.73 Å². The summed E-state index contributed by atoms with van der Waals surface area (Å²) in [5.74, 6) is -0.318. The van der Waals surface area contributed by atoms with Crippen molar-refractivity contribution in [3.63, 3.8) is 0 Å². The van der Waals surface area contributed by atoms with Crippen molar-refractivity contribution in [1.82, 2.24) is 0 Å². The zero-order valence-electron chi connectivity index (χ0n) is 11.0. The topological polar surface area (TPSA) is 29.3 Å². The Morgan fingerprint density at radius 1 is 1.21 bits per heavy atom. The maximum absolute atomic E-state index is 13.6. The van der Waals surface area contributed by atoms with Gasteiger partial charge in [0, 0.05) is 18.8 Å². The molecule has 0 fully saturated rings. The molecule has 0 aromatic heterocycles. The van der Waals surface area contributed by atoms with Gasteiger partial charge in [-0.1, -0.05) is 19.1 Å². The van der Waals surface area contributed by atoms with Crippen molar-refractivity contribution in [3.8, 4) is 0 Å². The fourth-order valence-corrected chi connectivity index (χ4v) is 2.30. The van der Waals surface area contributed by atoms with Crippen molar-refractivity contribution in [2.24, 2.45) is 0 Å². The van der Waals surface area contributed by atoms with Gasteiger partial charge in [0.2, 0.25) is 0 Å². The zero-order valence-corrected chi connectivity index (χ0v) is 12.5. The van der Waals surface area contributed by atoms with E-state index in [1.54, 1.807) is 6.07 Å². The third kappa shape index (κ3) is 2.89. The van der Waals surface area contributed by atoms with Gasteiger partial charge in [-0.3, -0.25) is 0 Å². The van der Waals surface area contributed by atoms with Gasteiger partial charge in [-0.25, -0.2) is 4.39 Å². The molecule has 0 radical (unpaired) electrons. The Balaban J connectivity index is 2.37. The summed E-state index contributed by atoms with van der Waals surface area (Å²) < 4.78 is 14.0. The van der Waals surface area contributed by atoms with Crippen LogP contribution in [0.3, 0.4) is 0 Å². The maximum atomic E-state index is 13.6. The zero-order chi connectivity index (χ0) is 14.0. The van der Waals surface area contributed by atoms with Crippen molar-refractivity contribution in [2.75, 3.05) is 17.7 Å². The number of aryl methyl sites for hydroxylation is 1.